The van der Waals surface area contributed by atoms with Crippen molar-refractivity contribution in [3.8, 4) is 0 Å². The van der Waals surface area contributed by atoms with Crippen LogP contribution in [0.25, 0.3) is 0 Å². The highest BCUT2D eigenvalue weighted by molar-refractivity contribution is 7.99. The first kappa shape index (κ1) is 15.7. The van der Waals surface area contributed by atoms with Crippen molar-refractivity contribution < 1.29 is 4.79 Å². The van der Waals surface area contributed by atoms with E-state index in [1.165, 1.54) is 0 Å². The van der Waals surface area contributed by atoms with Crippen LogP contribution in [0.3, 0.4) is 0 Å². The summed E-state index contributed by atoms with van der Waals surface area (Å²) in [7, 11) is 0. The molecule has 1 N–H and O–H groups in total. The third-order valence-electron chi connectivity index (χ3n) is 2.92. The molecule has 0 aliphatic rings. The minimum atomic E-state index is -0.137. The Bertz CT molecular complexity index is 670. The number of carbonyl (C=O) groups excluding carboxylic acids is 1. The maximum absolute atomic E-state index is 12.4. The van der Waals surface area contributed by atoms with Gasteiger partial charge in [-0.1, -0.05) is 35.9 Å². The van der Waals surface area contributed by atoms with Crippen molar-refractivity contribution in [2.24, 2.45) is 0 Å². The van der Waals surface area contributed by atoms with Gasteiger partial charge in [0.15, 0.2) is 0 Å². The highest BCUT2D eigenvalue weighted by Crippen LogP contribution is 2.25. The molecule has 108 valence electrons. The van der Waals surface area contributed by atoms with Gasteiger partial charge in [0.2, 0.25) is 0 Å². The van der Waals surface area contributed by atoms with Gasteiger partial charge in [-0.25, -0.2) is 0 Å². The van der Waals surface area contributed by atoms with Gasteiger partial charge in [0.1, 0.15) is 0 Å². The lowest BCUT2D eigenvalue weighted by atomic mass is 10.2. The molecule has 0 radical (unpaired) electrons. The average molecular weight is 318 g/mol. The molecule has 2 aromatic rings. The van der Waals surface area contributed by atoms with E-state index in [4.69, 9.17) is 11.6 Å². The second-order valence-corrected chi connectivity index (χ2v) is 5.98. The van der Waals surface area contributed by atoms with Crippen molar-refractivity contribution in [3.63, 3.8) is 0 Å². The molecule has 4 heteroatoms. The van der Waals surface area contributed by atoms with E-state index in [-0.39, 0.29) is 5.91 Å². The molecular formula is C17H16ClNOS. The number of hydrogen-bond acceptors (Lipinski definition) is 2. The van der Waals surface area contributed by atoms with Crippen molar-refractivity contribution in [1.29, 1.82) is 0 Å². The highest BCUT2D eigenvalue weighted by atomic mass is 35.5. The third kappa shape index (κ3) is 4.13. The topological polar surface area (TPSA) is 29.1 Å². The molecule has 0 spiro atoms. The maximum atomic E-state index is 12.4. The van der Waals surface area contributed by atoms with E-state index in [0.29, 0.717) is 16.3 Å². The molecule has 0 aliphatic carbocycles. The van der Waals surface area contributed by atoms with E-state index in [1.807, 2.05) is 49.4 Å². The fourth-order valence-corrected chi connectivity index (χ4v) is 2.77. The number of rotatable bonds is 5. The first-order valence-corrected chi connectivity index (χ1v) is 7.88. The fraction of sp³-hybridized carbons (Fsp3) is 0.118. The van der Waals surface area contributed by atoms with Crippen molar-refractivity contribution in [2.75, 3.05) is 11.1 Å². The summed E-state index contributed by atoms with van der Waals surface area (Å²) in [6.45, 7) is 5.63. The van der Waals surface area contributed by atoms with Gasteiger partial charge in [0.25, 0.3) is 5.91 Å². The number of hydrogen-bond donors (Lipinski definition) is 1. The predicted molar refractivity (Wildman–Crippen MR) is 91.5 cm³/mol. The number of thioether (sulfide) groups is 1. The van der Waals surface area contributed by atoms with Gasteiger partial charge in [-0.15, -0.1) is 18.3 Å². The zero-order valence-corrected chi connectivity index (χ0v) is 13.3. The van der Waals surface area contributed by atoms with Crippen LogP contribution in [0.2, 0.25) is 5.02 Å². The minimum absolute atomic E-state index is 0.137. The molecule has 2 rings (SSSR count). The average Bonchev–Trinajstić information content (AvgIpc) is 2.49. The number of amides is 1. The Balaban J connectivity index is 2.19. The number of aryl methyl sites for hydroxylation is 1. The lowest BCUT2D eigenvalue weighted by molar-refractivity contribution is 0.102. The SMILES string of the molecule is C=CCSc1ccccc1C(=O)Nc1ccc(C)c(Cl)c1. The lowest BCUT2D eigenvalue weighted by Gasteiger charge is -2.10. The second-order valence-electron chi connectivity index (χ2n) is 4.51. The smallest absolute Gasteiger partial charge is 0.256 e. The van der Waals surface area contributed by atoms with Crippen LogP contribution >= 0.6 is 23.4 Å². The van der Waals surface area contributed by atoms with Crippen molar-refractivity contribution in [1.82, 2.24) is 0 Å². The van der Waals surface area contributed by atoms with E-state index in [1.54, 1.807) is 17.8 Å². The van der Waals surface area contributed by atoms with Crippen LogP contribution in [0.5, 0.6) is 0 Å². The summed E-state index contributed by atoms with van der Waals surface area (Å²) in [4.78, 5) is 13.3. The number of carbonyl (C=O) groups is 1. The summed E-state index contributed by atoms with van der Waals surface area (Å²) < 4.78 is 0. The van der Waals surface area contributed by atoms with Crippen molar-refractivity contribution >= 4 is 35.0 Å². The standard InChI is InChI=1S/C17H16ClNOS/c1-3-10-21-16-7-5-4-6-14(16)17(20)19-13-9-8-12(2)15(18)11-13/h3-9,11H,1,10H2,2H3,(H,19,20). The van der Waals surface area contributed by atoms with Gasteiger partial charge >= 0.3 is 0 Å². The van der Waals surface area contributed by atoms with Crippen molar-refractivity contribution in [3.05, 3.63) is 71.3 Å². The number of nitrogens with one attached hydrogen (secondary N) is 1. The zero-order valence-electron chi connectivity index (χ0n) is 11.7. The van der Waals surface area contributed by atoms with Crippen LogP contribution in [0.15, 0.2) is 60.0 Å². The molecule has 0 aromatic heterocycles. The minimum Gasteiger partial charge on any atom is -0.322 e. The quantitative estimate of drug-likeness (QED) is 0.608. The number of anilines is 1. The molecule has 2 nitrogen and oxygen atoms in total. The third-order valence-corrected chi connectivity index (χ3v) is 4.39. The summed E-state index contributed by atoms with van der Waals surface area (Å²) in [5, 5.41) is 3.52. The summed E-state index contributed by atoms with van der Waals surface area (Å²) >= 11 is 7.66. The molecule has 0 saturated heterocycles. The molecule has 21 heavy (non-hydrogen) atoms. The Hall–Kier alpha value is -1.71. The highest BCUT2D eigenvalue weighted by Gasteiger charge is 2.11. The Kier molecular flexibility index (Phi) is 5.48. The van der Waals surface area contributed by atoms with Crippen LogP contribution in [0.4, 0.5) is 5.69 Å². The van der Waals surface area contributed by atoms with E-state index >= 15 is 0 Å². The van der Waals surface area contributed by atoms with Gasteiger partial charge in [-0.2, -0.15) is 0 Å². The fourth-order valence-electron chi connectivity index (χ4n) is 1.80. The Morgan fingerprint density at radius 3 is 2.81 bits per heavy atom. The molecule has 0 unspecified atom stereocenters. The Morgan fingerprint density at radius 1 is 1.33 bits per heavy atom. The molecule has 0 atom stereocenters. The van der Waals surface area contributed by atoms with Gasteiger partial charge in [-0.05, 0) is 36.8 Å². The Labute approximate surface area is 134 Å². The molecule has 0 aliphatic heterocycles. The largest absolute Gasteiger partial charge is 0.322 e. The molecule has 0 heterocycles. The molecule has 0 bridgehead atoms. The molecule has 0 saturated carbocycles. The number of benzene rings is 2. The molecule has 2 aromatic carbocycles. The Morgan fingerprint density at radius 2 is 2.10 bits per heavy atom. The van der Waals surface area contributed by atoms with E-state index in [2.05, 4.69) is 11.9 Å². The summed E-state index contributed by atoms with van der Waals surface area (Å²) in [6.07, 6.45) is 1.82. The molecular weight excluding hydrogens is 302 g/mol. The monoisotopic (exact) mass is 317 g/mol. The number of halogens is 1. The first-order chi connectivity index (χ1) is 10.1. The maximum Gasteiger partial charge on any atom is 0.256 e. The van der Waals surface area contributed by atoms with Crippen LogP contribution < -0.4 is 5.32 Å². The van der Waals surface area contributed by atoms with E-state index < -0.39 is 0 Å². The van der Waals surface area contributed by atoms with Gasteiger partial charge in [0, 0.05) is 21.4 Å². The van der Waals surface area contributed by atoms with Crippen LogP contribution in [0.1, 0.15) is 15.9 Å². The summed E-state index contributed by atoms with van der Waals surface area (Å²) in [5.74, 6) is 0.628. The normalized spacial score (nSPS) is 10.2. The van der Waals surface area contributed by atoms with E-state index in [9.17, 15) is 4.79 Å². The lowest BCUT2D eigenvalue weighted by Crippen LogP contribution is -2.13. The molecule has 0 fully saturated rings. The predicted octanol–water partition coefficient (Wildman–Crippen LogP) is 5.18. The van der Waals surface area contributed by atoms with Crippen molar-refractivity contribution in [2.45, 2.75) is 11.8 Å². The second kappa shape index (κ2) is 7.34. The van der Waals surface area contributed by atoms with Gasteiger partial charge in [0.05, 0.1) is 5.56 Å². The summed E-state index contributed by atoms with van der Waals surface area (Å²) in [6, 6.07) is 13.0. The zero-order chi connectivity index (χ0) is 15.2. The summed E-state index contributed by atoms with van der Waals surface area (Å²) in [5.41, 5.74) is 2.33. The van der Waals surface area contributed by atoms with Crippen LogP contribution in [-0.2, 0) is 0 Å². The molecule has 1 amide bonds. The van der Waals surface area contributed by atoms with Gasteiger partial charge in [-0.3, -0.25) is 4.79 Å². The first-order valence-electron chi connectivity index (χ1n) is 6.52. The van der Waals surface area contributed by atoms with Crippen LogP contribution in [0, 0.1) is 6.92 Å². The van der Waals surface area contributed by atoms with Crippen LogP contribution in [-0.4, -0.2) is 11.7 Å². The van der Waals surface area contributed by atoms with Gasteiger partial charge < -0.3 is 5.32 Å². The van der Waals surface area contributed by atoms with E-state index in [0.717, 1.165) is 16.2 Å².